The van der Waals surface area contributed by atoms with Crippen molar-refractivity contribution in [2.75, 3.05) is 12.4 Å². The van der Waals surface area contributed by atoms with Crippen LogP contribution in [0.1, 0.15) is 18.4 Å². The van der Waals surface area contributed by atoms with Gasteiger partial charge in [-0.1, -0.05) is 18.2 Å². The van der Waals surface area contributed by atoms with Crippen molar-refractivity contribution in [3.63, 3.8) is 0 Å². The van der Waals surface area contributed by atoms with E-state index >= 15 is 0 Å². The lowest BCUT2D eigenvalue weighted by molar-refractivity contribution is -0.118. The van der Waals surface area contributed by atoms with Crippen LogP contribution in [0.3, 0.4) is 0 Å². The smallest absolute Gasteiger partial charge is 0.236 e. The SMILES string of the molecule is COc1ccc(-n2ccc(NC(=O)C3(c4ccccc4F)CC3)n2)c(F)c1. The van der Waals surface area contributed by atoms with Crippen molar-refractivity contribution in [1.82, 2.24) is 9.78 Å². The summed E-state index contributed by atoms with van der Waals surface area (Å²) in [4.78, 5) is 12.7. The molecule has 138 valence electrons. The molecule has 1 aliphatic carbocycles. The molecular weight excluding hydrogens is 352 g/mol. The van der Waals surface area contributed by atoms with Crippen LogP contribution in [-0.4, -0.2) is 22.8 Å². The molecule has 0 atom stereocenters. The van der Waals surface area contributed by atoms with Crippen LogP contribution in [0, 0.1) is 11.6 Å². The molecule has 0 spiro atoms. The highest BCUT2D eigenvalue weighted by molar-refractivity contribution is 6.00. The van der Waals surface area contributed by atoms with Gasteiger partial charge in [0.25, 0.3) is 0 Å². The van der Waals surface area contributed by atoms with Crippen molar-refractivity contribution in [3.8, 4) is 11.4 Å². The van der Waals surface area contributed by atoms with Gasteiger partial charge in [-0.05, 0) is 31.0 Å². The Labute approximate surface area is 154 Å². The molecular formula is C20H17F2N3O2. The minimum Gasteiger partial charge on any atom is -0.497 e. The van der Waals surface area contributed by atoms with Gasteiger partial charge in [0.15, 0.2) is 11.6 Å². The van der Waals surface area contributed by atoms with Gasteiger partial charge in [0.05, 0.1) is 12.5 Å². The van der Waals surface area contributed by atoms with E-state index in [4.69, 9.17) is 4.74 Å². The number of benzene rings is 2. The molecule has 0 radical (unpaired) electrons. The maximum atomic E-state index is 14.2. The maximum Gasteiger partial charge on any atom is 0.236 e. The van der Waals surface area contributed by atoms with E-state index in [9.17, 15) is 13.6 Å². The molecule has 27 heavy (non-hydrogen) atoms. The van der Waals surface area contributed by atoms with E-state index in [2.05, 4.69) is 10.4 Å². The second kappa shape index (κ2) is 6.50. The number of rotatable bonds is 5. The van der Waals surface area contributed by atoms with Gasteiger partial charge < -0.3 is 10.1 Å². The largest absolute Gasteiger partial charge is 0.497 e. The van der Waals surface area contributed by atoms with Gasteiger partial charge in [-0.25, -0.2) is 13.5 Å². The topological polar surface area (TPSA) is 56.1 Å². The van der Waals surface area contributed by atoms with E-state index in [-0.39, 0.29) is 17.4 Å². The maximum absolute atomic E-state index is 14.2. The van der Waals surface area contributed by atoms with Crippen LogP contribution in [0.15, 0.2) is 54.7 Å². The predicted molar refractivity (Wildman–Crippen MR) is 96.0 cm³/mol. The number of nitrogens with one attached hydrogen (secondary N) is 1. The van der Waals surface area contributed by atoms with E-state index in [1.165, 1.54) is 30.0 Å². The highest BCUT2D eigenvalue weighted by atomic mass is 19.1. The molecule has 1 saturated carbocycles. The summed E-state index contributed by atoms with van der Waals surface area (Å²) in [6, 6.07) is 12.3. The fourth-order valence-electron chi connectivity index (χ4n) is 3.15. The summed E-state index contributed by atoms with van der Waals surface area (Å²) in [6.45, 7) is 0. The van der Waals surface area contributed by atoms with Crippen LogP contribution in [-0.2, 0) is 10.2 Å². The summed E-state index contributed by atoms with van der Waals surface area (Å²) in [5.74, 6) is -0.528. The fourth-order valence-corrected chi connectivity index (χ4v) is 3.15. The van der Waals surface area contributed by atoms with Crippen molar-refractivity contribution < 1.29 is 18.3 Å². The van der Waals surface area contributed by atoms with Gasteiger partial charge in [0.2, 0.25) is 5.91 Å². The lowest BCUT2D eigenvalue weighted by atomic mass is 9.94. The third-order valence-electron chi connectivity index (χ3n) is 4.81. The summed E-state index contributed by atoms with van der Waals surface area (Å²) in [5.41, 5.74) is -0.241. The molecule has 1 fully saturated rings. The number of halogens is 2. The highest BCUT2D eigenvalue weighted by Gasteiger charge is 2.52. The number of anilines is 1. The van der Waals surface area contributed by atoms with Crippen LogP contribution < -0.4 is 10.1 Å². The molecule has 1 amide bonds. The Morgan fingerprint density at radius 3 is 2.59 bits per heavy atom. The molecule has 1 N–H and O–H groups in total. The number of hydrogen-bond donors (Lipinski definition) is 1. The summed E-state index contributed by atoms with van der Waals surface area (Å²) in [6.07, 6.45) is 2.70. The summed E-state index contributed by atoms with van der Waals surface area (Å²) in [5, 5.41) is 6.92. The van der Waals surface area contributed by atoms with Crippen molar-refractivity contribution >= 4 is 11.7 Å². The average Bonchev–Trinajstić information content (AvgIpc) is 3.35. The van der Waals surface area contributed by atoms with Crippen LogP contribution in [0.5, 0.6) is 5.75 Å². The van der Waals surface area contributed by atoms with Crippen LogP contribution >= 0.6 is 0 Å². The first-order valence-electron chi connectivity index (χ1n) is 8.49. The van der Waals surface area contributed by atoms with E-state index in [0.717, 1.165) is 0 Å². The second-order valence-corrected chi connectivity index (χ2v) is 6.48. The molecule has 5 nitrogen and oxygen atoms in total. The normalized spacial score (nSPS) is 14.6. The minimum atomic E-state index is -0.861. The number of amides is 1. The van der Waals surface area contributed by atoms with Crippen LogP contribution in [0.4, 0.5) is 14.6 Å². The van der Waals surface area contributed by atoms with Gasteiger partial charge in [0.1, 0.15) is 17.3 Å². The van der Waals surface area contributed by atoms with Gasteiger partial charge >= 0.3 is 0 Å². The first-order chi connectivity index (χ1) is 13.0. The predicted octanol–water partition coefficient (Wildman–Crippen LogP) is 3.83. The van der Waals surface area contributed by atoms with Gasteiger partial charge in [-0.15, -0.1) is 5.10 Å². The molecule has 1 heterocycles. The lowest BCUT2D eigenvalue weighted by Crippen LogP contribution is -2.29. The number of hydrogen-bond acceptors (Lipinski definition) is 3. The fraction of sp³-hybridized carbons (Fsp3) is 0.200. The van der Waals surface area contributed by atoms with Crippen LogP contribution in [0.2, 0.25) is 0 Å². The molecule has 3 aromatic rings. The standard InChI is InChI=1S/C20H17F2N3O2/c1-27-13-6-7-17(16(22)12-13)25-11-8-18(24-25)23-19(26)20(9-10-20)14-4-2-3-5-15(14)21/h2-8,11-12H,9-10H2,1H3,(H,23,24,26). The summed E-state index contributed by atoms with van der Waals surface area (Å²) >= 11 is 0. The summed E-state index contributed by atoms with van der Waals surface area (Å²) in [7, 11) is 1.46. The molecule has 2 aromatic carbocycles. The second-order valence-electron chi connectivity index (χ2n) is 6.48. The lowest BCUT2D eigenvalue weighted by Gasteiger charge is -2.15. The van der Waals surface area contributed by atoms with E-state index in [1.807, 2.05) is 0 Å². The number of methoxy groups -OCH3 is 1. The highest BCUT2D eigenvalue weighted by Crippen LogP contribution is 2.49. The van der Waals surface area contributed by atoms with E-state index < -0.39 is 17.0 Å². The van der Waals surface area contributed by atoms with E-state index in [1.54, 1.807) is 36.5 Å². The first kappa shape index (κ1) is 17.2. The monoisotopic (exact) mass is 369 g/mol. The third-order valence-corrected chi connectivity index (χ3v) is 4.81. The van der Waals surface area contributed by atoms with Gasteiger partial charge in [-0.3, -0.25) is 4.79 Å². The molecule has 4 rings (SSSR count). The Kier molecular flexibility index (Phi) is 4.14. The Balaban J connectivity index is 1.55. The Morgan fingerprint density at radius 2 is 1.93 bits per heavy atom. The van der Waals surface area contributed by atoms with Crippen molar-refractivity contribution in [1.29, 1.82) is 0 Å². The Hall–Kier alpha value is -3.22. The molecule has 1 aromatic heterocycles. The number of carbonyl (C=O) groups excluding carboxylic acids is 1. The number of ether oxygens (including phenoxy) is 1. The van der Waals surface area contributed by atoms with Crippen molar-refractivity contribution in [2.45, 2.75) is 18.3 Å². The molecule has 0 saturated heterocycles. The zero-order chi connectivity index (χ0) is 19.0. The average molecular weight is 369 g/mol. The molecule has 0 bridgehead atoms. The van der Waals surface area contributed by atoms with Gasteiger partial charge in [0, 0.05) is 23.9 Å². The zero-order valence-electron chi connectivity index (χ0n) is 14.6. The number of carbonyl (C=O) groups is 1. The molecule has 0 unspecified atom stereocenters. The van der Waals surface area contributed by atoms with Crippen LogP contribution in [0.25, 0.3) is 5.69 Å². The molecule has 1 aliphatic rings. The van der Waals surface area contributed by atoms with Gasteiger partial charge in [-0.2, -0.15) is 0 Å². The third kappa shape index (κ3) is 3.05. The first-order valence-corrected chi connectivity index (χ1v) is 8.49. The number of nitrogens with zero attached hydrogens (tertiary/aromatic N) is 2. The van der Waals surface area contributed by atoms with E-state index in [0.29, 0.717) is 24.2 Å². The Morgan fingerprint density at radius 1 is 1.15 bits per heavy atom. The molecule has 7 heteroatoms. The zero-order valence-corrected chi connectivity index (χ0v) is 14.6. The van der Waals surface area contributed by atoms with Crippen molar-refractivity contribution in [3.05, 3.63) is 71.9 Å². The quantitative estimate of drug-likeness (QED) is 0.744. The number of aromatic nitrogens is 2. The van der Waals surface area contributed by atoms with Crippen molar-refractivity contribution in [2.24, 2.45) is 0 Å². The Bertz CT molecular complexity index is 1010. The molecule has 0 aliphatic heterocycles. The summed E-state index contributed by atoms with van der Waals surface area (Å²) < 4.78 is 34.6. The minimum absolute atomic E-state index is 0.228.